The Bertz CT molecular complexity index is 726. The van der Waals surface area contributed by atoms with E-state index in [0.717, 1.165) is 16.8 Å². The molecule has 106 valence electrons. The van der Waals surface area contributed by atoms with Gasteiger partial charge in [0.1, 0.15) is 10.8 Å². The van der Waals surface area contributed by atoms with Crippen LogP contribution in [0.4, 0.5) is 5.82 Å². The highest BCUT2D eigenvalue weighted by molar-refractivity contribution is 6.33. The van der Waals surface area contributed by atoms with Crippen LogP contribution < -0.4 is 5.32 Å². The van der Waals surface area contributed by atoms with Crippen LogP contribution >= 0.6 is 23.2 Å². The molecule has 0 saturated heterocycles. The second kappa shape index (κ2) is 6.11. The van der Waals surface area contributed by atoms with E-state index in [9.17, 15) is 0 Å². The molecule has 21 heavy (non-hydrogen) atoms. The summed E-state index contributed by atoms with van der Waals surface area (Å²) in [4.78, 5) is 7.85. The Balaban J connectivity index is 1.70. The van der Waals surface area contributed by atoms with E-state index >= 15 is 0 Å². The van der Waals surface area contributed by atoms with E-state index in [1.165, 1.54) is 6.20 Å². The van der Waals surface area contributed by atoms with E-state index in [1.54, 1.807) is 6.20 Å². The number of nitrogens with zero attached hydrogens (tertiary/aromatic N) is 3. The summed E-state index contributed by atoms with van der Waals surface area (Å²) in [5, 5.41) is 10.6. The second-order valence-electron chi connectivity index (χ2n) is 4.36. The van der Waals surface area contributed by atoms with Crippen LogP contribution in [0.3, 0.4) is 0 Å². The molecular weight excluding hydrogens is 309 g/mol. The number of aromatic amines is 1. The van der Waals surface area contributed by atoms with Crippen molar-refractivity contribution in [3.8, 4) is 11.3 Å². The first-order valence-corrected chi connectivity index (χ1v) is 6.98. The van der Waals surface area contributed by atoms with Crippen LogP contribution in [0.15, 0.2) is 42.7 Å². The van der Waals surface area contributed by atoms with Crippen molar-refractivity contribution >= 4 is 29.0 Å². The summed E-state index contributed by atoms with van der Waals surface area (Å²) in [7, 11) is 0. The van der Waals surface area contributed by atoms with Gasteiger partial charge < -0.3 is 5.32 Å². The van der Waals surface area contributed by atoms with Crippen LogP contribution in [0.1, 0.15) is 5.56 Å². The van der Waals surface area contributed by atoms with Crippen LogP contribution in [0, 0.1) is 0 Å². The lowest BCUT2D eigenvalue weighted by Crippen LogP contribution is -2.02. The smallest absolute Gasteiger partial charge is 0.224 e. The second-order valence-corrected chi connectivity index (χ2v) is 5.10. The molecule has 2 N–H and O–H groups in total. The summed E-state index contributed by atoms with van der Waals surface area (Å²) in [6.45, 7) is 0.594. The van der Waals surface area contributed by atoms with Crippen molar-refractivity contribution in [2.24, 2.45) is 0 Å². The van der Waals surface area contributed by atoms with Crippen molar-refractivity contribution in [1.29, 1.82) is 0 Å². The fourth-order valence-corrected chi connectivity index (χ4v) is 2.17. The highest BCUT2D eigenvalue weighted by Gasteiger charge is 2.04. The number of rotatable bonds is 4. The molecule has 0 atom stereocenters. The maximum Gasteiger partial charge on any atom is 0.224 e. The zero-order valence-electron chi connectivity index (χ0n) is 10.8. The zero-order chi connectivity index (χ0) is 14.7. The minimum atomic E-state index is 0.163. The van der Waals surface area contributed by atoms with Gasteiger partial charge in [0.25, 0.3) is 0 Å². The quantitative estimate of drug-likeness (QED) is 0.718. The lowest BCUT2D eigenvalue weighted by atomic mass is 10.1. The van der Waals surface area contributed by atoms with E-state index in [1.807, 2.05) is 30.3 Å². The van der Waals surface area contributed by atoms with Gasteiger partial charge in [-0.2, -0.15) is 10.1 Å². The molecule has 0 saturated carbocycles. The van der Waals surface area contributed by atoms with Crippen molar-refractivity contribution in [1.82, 2.24) is 20.2 Å². The summed E-state index contributed by atoms with van der Waals surface area (Å²) in [5.41, 5.74) is 3.17. The zero-order valence-corrected chi connectivity index (χ0v) is 12.4. The Morgan fingerprint density at radius 3 is 2.62 bits per heavy atom. The Hall–Kier alpha value is -2.11. The van der Waals surface area contributed by atoms with Gasteiger partial charge in [-0.25, -0.2) is 4.98 Å². The van der Waals surface area contributed by atoms with Crippen molar-refractivity contribution in [3.63, 3.8) is 0 Å². The molecule has 0 amide bonds. The lowest BCUT2D eigenvalue weighted by Gasteiger charge is -2.08. The van der Waals surface area contributed by atoms with Gasteiger partial charge in [0.05, 0.1) is 11.9 Å². The molecule has 3 aromatic rings. The molecule has 3 rings (SSSR count). The highest BCUT2D eigenvalue weighted by Crippen LogP contribution is 2.21. The number of H-pyrrole nitrogens is 1. The van der Waals surface area contributed by atoms with Gasteiger partial charge in [-0.05, 0) is 28.8 Å². The van der Waals surface area contributed by atoms with E-state index in [4.69, 9.17) is 23.2 Å². The molecule has 0 aliphatic carbocycles. The van der Waals surface area contributed by atoms with Crippen molar-refractivity contribution in [3.05, 3.63) is 58.6 Å². The molecule has 0 aliphatic rings. The monoisotopic (exact) mass is 319 g/mol. The van der Waals surface area contributed by atoms with Crippen molar-refractivity contribution < 1.29 is 0 Å². The van der Waals surface area contributed by atoms with E-state index < -0.39 is 0 Å². The molecule has 7 heteroatoms. The number of anilines is 1. The molecule has 0 fully saturated rings. The van der Waals surface area contributed by atoms with Crippen molar-refractivity contribution in [2.45, 2.75) is 6.54 Å². The third-order valence-electron chi connectivity index (χ3n) is 2.94. The largest absolute Gasteiger partial charge is 0.365 e. The first-order valence-electron chi connectivity index (χ1n) is 6.23. The number of halogens is 2. The van der Waals surface area contributed by atoms with Gasteiger partial charge in [0.2, 0.25) is 5.28 Å². The number of nitrogens with one attached hydrogen (secondary N) is 2. The van der Waals surface area contributed by atoms with Gasteiger partial charge in [-0.1, -0.05) is 35.9 Å². The van der Waals surface area contributed by atoms with Gasteiger partial charge in [0.15, 0.2) is 0 Å². The summed E-state index contributed by atoms with van der Waals surface area (Å²) >= 11 is 11.7. The average molecular weight is 320 g/mol. The molecule has 0 bridgehead atoms. The van der Waals surface area contributed by atoms with Gasteiger partial charge >= 0.3 is 0 Å². The first-order chi connectivity index (χ1) is 10.2. The molecule has 5 nitrogen and oxygen atoms in total. The number of aromatic nitrogens is 4. The molecule has 2 heterocycles. The van der Waals surface area contributed by atoms with Gasteiger partial charge in [0, 0.05) is 12.7 Å². The minimum absolute atomic E-state index is 0.163. The molecule has 1 aromatic carbocycles. The molecular formula is C14H11Cl2N5. The predicted molar refractivity (Wildman–Crippen MR) is 83.4 cm³/mol. The third kappa shape index (κ3) is 3.32. The molecule has 0 radical (unpaired) electrons. The fraction of sp³-hybridized carbons (Fsp3) is 0.0714. The lowest BCUT2D eigenvalue weighted by molar-refractivity contribution is 1.08. The fourth-order valence-electron chi connectivity index (χ4n) is 1.87. The normalized spacial score (nSPS) is 10.6. The third-order valence-corrected chi connectivity index (χ3v) is 3.40. The Labute approximate surface area is 131 Å². The van der Waals surface area contributed by atoms with Gasteiger partial charge in [-0.3, -0.25) is 5.10 Å². The predicted octanol–water partition coefficient (Wildman–Crippen LogP) is 3.79. The molecule has 2 aromatic heterocycles. The van der Waals surface area contributed by atoms with Gasteiger partial charge in [-0.15, -0.1) is 0 Å². The number of hydrogen-bond acceptors (Lipinski definition) is 4. The highest BCUT2D eigenvalue weighted by atomic mass is 35.5. The summed E-state index contributed by atoms with van der Waals surface area (Å²) < 4.78 is 0. The number of hydrogen-bond donors (Lipinski definition) is 2. The standard InChI is InChI=1S/C14H11Cl2N5/c15-11-8-18-14(16)20-13(11)17-7-9-1-3-10(4-2-9)12-5-6-19-21-12/h1-6,8H,7H2,(H,19,21)(H,17,18,20). The minimum Gasteiger partial charge on any atom is -0.365 e. The Kier molecular flexibility index (Phi) is 4.03. The van der Waals surface area contributed by atoms with Crippen LogP contribution in [-0.2, 0) is 6.54 Å². The summed E-state index contributed by atoms with van der Waals surface area (Å²) in [5.74, 6) is 0.523. The molecule has 0 aliphatic heterocycles. The van der Waals surface area contributed by atoms with E-state index in [2.05, 4.69) is 25.5 Å². The molecule has 0 unspecified atom stereocenters. The average Bonchev–Trinajstić information content (AvgIpc) is 3.03. The van der Waals surface area contributed by atoms with Crippen molar-refractivity contribution in [2.75, 3.05) is 5.32 Å². The Morgan fingerprint density at radius 1 is 1.10 bits per heavy atom. The Morgan fingerprint density at radius 2 is 1.90 bits per heavy atom. The van der Waals surface area contributed by atoms with E-state index in [-0.39, 0.29) is 5.28 Å². The summed E-state index contributed by atoms with van der Waals surface area (Å²) in [6, 6.07) is 10.0. The SMILES string of the molecule is Clc1ncc(Cl)c(NCc2ccc(-c3ccn[nH]3)cc2)n1. The maximum atomic E-state index is 6.00. The maximum absolute atomic E-state index is 6.00. The number of benzene rings is 1. The van der Waals surface area contributed by atoms with Crippen LogP contribution in [0.5, 0.6) is 0 Å². The van der Waals surface area contributed by atoms with Crippen LogP contribution in [0.25, 0.3) is 11.3 Å². The first kappa shape index (κ1) is 13.9. The summed E-state index contributed by atoms with van der Waals surface area (Å²) in [6.07, 6.45) is 3.20. The molecule has 0 spiro atoms. The van der Waals surface area contributed by atoms with Crippen LogP contribution in [0.2, 0.25) is 10.3 Å². The van der Waals surface area contributed by atoms with E-state index in [0.29, 0.717) is 17.4 Å². The topological polar surface area (TPSA) is 66.5 Å². The van der Waals surface area contributed by atoms with Crippen LogP contribution in [-0.4, -0.2) is 20.2 Å².